The number of ether oxygens (including phenoxy) is 1. The van der Waals surface area contributed by atoms with Gasteiger partial charge in [0, 0.05) is 29.4 Å². The normalized spacial score (nSPS) is 23.6. The molecular formula is C26H37N4O4+. The lowest BCUT2D eigenvalue weighted by Crippen LogP contribution is -2.32. The van der Waals surface area contributed by atoms with Crippen molar-refractivity contribution >= 4 is 29.3 Å². The van der Waals surface area contributed by atoms with Crippen molar-refractivity contribution in [2.45, 2.75) is 64.0 Å². The molecule has 2 saturated carbocycles. The van der Waals surface area contributed by atoms with Gasteiger partial charge in [-0.2, -0.15) is 10.1 Å². The van der Waals surface area contributed by atoms with Crippen molar-refractivity contribution in [3.05, 3.63) is 42.5 Å². The number of benzene rings is 1. The molecule has 184 valence electrons. The SMILES string of the molecule is C=C/C=C\C(C1CC1)=[N+](\OC)C(=O)Nc1cc(C=NC2CCC(C)(O)CC2)c(N)cc1OCC. The molecule has 8 heteroatoms. The molecule has 0 aliphatic heterocycles. The fourth-order valence-electron chi connectivity index (χ4n) is 4.04. The van der Waals surface area contributed by atoms with E-state index >= 15 is 0 Å². The lowest BCUT2D eigenvalue weighted by atomic mass is 9.84. The lowest BCUT2D eigenvalue weighted by molar-refractivity contribution is -0.705. The predicted octanol–water partition coefficient (Wildman–Crippen LogP) is 4.48. The summed E-state index contributed by atoms with van der Waals surface area (Å²) in [5.41, 5.74) is 8.13. The number of nitrogens with zero attached hydrogens (tertiary/aromatic N) is 2. The summed E-state index contributed by atoms with van der Waals surface area (Å²) in [4.78, 5) is 23.3. The van der Waals surface area contributed by atoms with Gasteiger partial charge in [0.1, 0.15) is 7.11 Å². The fraction of sp³-hybridized carbons (Fsp3) is 0.500. The second-order valence-corrected chi connectivity index (χ2v) is 9.12. The molecule has 0 radical (unpaired) electrons. The molecule has 3 rings (SSSR count). The van der Waals surface area contributed by atoms with E-state index in [9.17, 15) is 9.90 Å². The minimum Gasteiger partial charge on any atom is -0.489 e. The van der Waals surface area contributed by atoms with Crippen LogP contribution >= 0.6 is 0 Å². The molecule has 0 saturated heterocycles. The second-order valence-electron chi connectivity index (χ2n) is 9.12. The number of anilines is 2. The van der Waals surface area contributed by atoms with Gasteiger partial charge in [-0.1, -0.05) is 18.7 Å². The third-order valence-corrected chi connectivity index (χ3v) is 6.18. The predicted molar refractivity (Wildman–Crippen MR) is 136 cm³/mol. The Morgan fingerprint density at radius 2 is 2.06 bits per heavy atom. The number of nitrogens with one attached hydrogen (secondary N) is 1. The molecule has 0 heterocycles. The number of carbonyl (C=O) groups is 1. The lowest BCUT2D eigenvalue weighted by Gasteiger charge is -2.31. The molecule has 1 aromatic carbocycles. The van der Waals surface area contributed by atoms with Crippen molar-refractivity contribution in [3.8, 4) is 5.75 Å². The molecule has 4 N–H and O–H groups in total. The van der Waals surface area contributed by atoms with Crippen LogP contribution in [0.15, 0.2) is 41.9 Å². The maximum Gasteiger partial charge on any atom is 0.535 e. The average Bonchev–Trinajstić information content (AvgIpc) is 3.63. The minimum absolute atomic E-state index is 0.139. The monoisotopic (exact) mass is 469 g/mol. The molecule has 0 aromatic heterocycles. The Balaban J connectivity index is 1.86. The van der Waals surface area contributed by atoms with E-state index in [2.05, 4.69) is 11.9 Å². The quantitative estimate of drug-likeness (QED) is 0.162. The van der Waals surface area contributed by atoms with Gasteiger partial charge < -0.3 is 20.4 Å². The van der Waals surface area contributed by atoms with E-state index in [1.165, 1.54) is 11.8 Å². The Kier molecular flexibility index (Phi) is 8.50. The number of aliphatic imine (C=N–C) groups is 1. The van der Waals surface area contributed by atoms with E-state index in [0.29, 0.717) is 29.3 Å². The van der Waals surface area contributed by atoms with Gasteiger partial charge in [-0.3, -0.25) is 4.99 Å². The fourth-order valence-corrected chi connectivity index (χ4v) is 4.04. The Morgan fingerprint density at radius 3 is 2.65 bits per heavy atom. The number of hydroxylamine groups is 1. The summed E-state index contributed by atoms with van der Waals surface area (Å²) >= 11 is 0. The van der Waals surface area contributed by atoms with Crippen LogP contribution in [-0.2, 0) is 4.84 Å². The number of amides is 2. The van der Waals surface area contributed by atoms with Crippen molar-refractivity contribution in [3.63, 3.8) is 0 Å². The highest BCUT2D eigenvalue weighted by Gasteiger charge is 2.35. The zero-order chi connectivity index (χ0) is 24.7. The molecular weight excluding hydrogens is 432 g/mol. The van der Waals surface area contributed by atoms with Crippen LogP contribution in [0.1, 0.15) is 57.9 Å². The van der Waals surface area contributed by atoms with Crippen molar-refractivity contribution in [2.75, 3.05) is 24.8 Å². The van der Waals surface area contributed by atoms with E-state index in [-0.39, 0.29) is 12.0 Å². The zero-order valence-electron chi connectivity index (χ0n) is 20.4. The molecule has 0 atom stereocenters. The Morgan fingerprint density at radius 1 is 1.35 bits per heavy atom. The molecule has 2 amide bonds. The number of urea groups is 1. The summed E-state index contributed by atoms with van der Waals surface area (Å²) in [5, 5.41) is 13.1. The van der Waals surface area contributed by atoms with E-state index in [4.69, 9.17) is 20.3 Å². The summed E-state index contributed by atoms with van der Waals surface area (Å²) in [6.07, 6.45) is 12.2. The van der Waals surface area contributed by atoms with Crippen molar-refractivity contribution in [2.24, 2.45) is 10.9 Å². The van der Waals surface area contributed by atoms with Gasteiger partial charge in [0.25, 0.3) is 0 Å². The maximum absolute atomic E-state index is 13.2. The highest BCUT2D eigenvalue weighted by Crippen LogP contribution is 2.33. The van der Waals surface area contributed by atoms with Crippen LogP contribution in [0.25, 0.3) is 0 Å². The number of aliphatic hydroxyl groups is 1. The van der Waals surface area contributed by atoms with Gasteiger partial charge in [0.15, 0.2) is 17.1 Å². The van der Waals surface area contributed by atoms with Gasteiger partial charge in [-0.05, 0) is 69.3 Å². The van der Waals surface area contributed by atoms with E-state index in [1.807, 2.05) is 19.9 Å². The standard InChI is InChI=1S/C26H36N4O4/c1-5-7-8-23(18-9-10-18)30(33-4)25(31)29-22-15-19(21(27)16-24(22)34-6-2)17-28-20-11-13-26(3,32)14-12-20/h5,7-8,15-18,20,32H,1,6,9-14H2,2-4H3,(H2-,27,28,29,31)/p+1/b8-7-,30-23-. The zero-order valence-corrected chi connectivity index (χ0v) is 20.4. The molecule has 0 unspecified atom stereocenters. The number of hydrogen-bond acceptors (Lipinski definition) is 6. The number of allylic oxidation sites excluding steroid dienone is 3. The van der Waals surface area contributed by atoms with Crippen molar-refractivity contribution in [1.82, 2.24) is 0 Å². The first-order chi connectivity index (χ1) is 16.3. The van der Waals surface area contributed by atoms with Crippen LogP contribution in [0, 0.1) is 5.92 Å². The topological polar surface area (TPSA) is 109 Å². The average molecular weight is 470 g/mol. The summed E-state index contributed by atoms with van der Waals surface area (Å²) < 4.78 is 7.00. The molecule has 34 heavy (non-hydrogen) atoms. The number of hydrogen-bond donors (Lipinski definition) is 3. The highest BCUT2D eigenvalue weighted by molar-refractivity contribution is 6.00. The Bertz CT molecular complexity index is 983. The largest absolute Gasteiger partial charge is 0.535 e. The second kappa shape index (κ2) is 11.3. The Labute approximate surface area is 201 Å². The molecule has 0 bridgehead atoms. The van der Waals surface area contributed by atoms with Crippen LogP contribution in [0.2, 0.25) is 0 Å². The van der Waals surface area contributed by atoms with Gasteiger partial charge in [-0.15, -0.1) is 0 Å². The van der Waals surface area contributed by atoms with Crippen molar-refractivity contribution in [1.29, 1.82) is 0 Å². The van der Waals surface area contributed by atoms with E-state index in [1.54, 1.807) is 30.5 Å². The highest BCUT2D eigenvalue weighted by atomic mass is 16.7. The summed E-state index contributed by atoms with van der Waals surface area (Å²) in [6.45, 7) is 7.87. The number of nitrogens with two attached hydrogens (primary N) is 1. The van der Waals surface area contributed by atoms with Crippen LogP contribution in [-0.4, -0.2) is 53.2 Å². The van der Waals surface area contributed by atoms with Gasteiger partial charge in [-0.25, -0.2) is 0 Å². The van der Waals surface area contributed by atoms with Crippen LogP contribution in [0.3, 0.4) is 0 Å². The maximum atomic E-state index is 13.2. The summed E-state index contributed by atoms with van der Waals surface area (Å²) in [7, 11) is 1.47. The number of carbonyl (C=O) groups excluding carboxylic acids is 1. The summed E-state index contributed by atoms with van der Waals surface area (Å²) in [5.74, 6) is 0.753. The number of nitrogen functional groups attached to an aromatic ring is 1. The van der Waals surface area contributed by atoms with E-state index < -0.39 is 11.6 Å². The smallest absolute Gasteiger partial charge is 0.489 e. The first kappa shape index (κ1) is 25.5. The molecule has 2 fully saturated rings. The first-order valence-electron chi connectivity index (χ1n) is 11.9. The van der Waals surface area contributed by atoms with Crippen LogP contribution in [0.4, 0.5) is 16.2 Å². The molecule has 0 spiro atoms. The molecule has 1 aromatic rings. The molecule has 2 aliphatic rings. The van der Waals surface area contributed by atoms with Crippen molar-refractivity contribution < 1.29 is 24.2 Å². The molecule has 2 aliphatic carbocycles. The van der Waals surface area contributed by atoms with Crippen LogP contribution < -0.4 is 15.8 Å². The van der Waals surface area contributed by atoms with Gasteiger partial charge in [0.2, 0.25) is 0 Å². The minimum atomic E-state index is -0.605. The van der Waals surface area contributed by atoms with Gasteiger partial charge in [0.05, 0.1) is 18.2 Å². The van der Waals surface area contributed by atoms with Gasteiger partial charge >= 0.3 is 6.03 Å². The first-order valence-corrected chi connectivity index (χ1v) is 11.9. The number of rotatable bonds is 9. The molecule has 8 nitrogen and oxygen atoms in total. The third-order valence-electron chi connectivity index (χ3n) is 6.18. The van der Waals surface area contributed by atoms with Crippen LogP contribution in [0.5, 0.6) is 5.75 Å². The van der Waals surface area contributed by atoms with E-state index in [0.717, 1.165) is 44.2 Å². The summed E-state index contributed by atoms with van der Waals surface area (Å²) in [6, 6.07) is 3.18. The Hall–Kier alpha value is -3.13. The third kappa shape index (κ3) is 6.70.